The van der Waals surface area contributed by atoms with Crippen LogP contribution in [-0.4, -0.2) is 0 Å². The van der Waals surface area contributed by atoms with Crippen molar-refractivity contribution in [3.05, 3.63) is 23.8 Å². The van der Waals surface area contributed by atoms with E-state index in [1.165, 1.54) is 31.3 Å². The van der Waals surface area contributed by atoms with Crippen molar-refractivity contribution in [3.8, 4) is 0 Å². The molecule has 0 bridgehead atoms. The Labute approximate surface area is 94.5 Å². The molecular weight excluding hydrogens is 180 g/mol. The fraction of sp³-hybridized carbons (Fsp3) is 0.733. The van der Waals surface area contributed by atoms with Crippen LogP contribution in [0.15, 0.2) is 23.8 Å². The van der Waals surface area contributed by atoms with Gasteiger partial charge < -0.3 is 0 Å². The molecule has 0 spiro atoms. The molecule has 1 saturated carbocycles. The predicted molar refractivity (Wildman–Crippen MR) is 66.7 cm³/mol. The van der Waals surface area contributed by atoms with Crippen molar-refractivity contribution < 1.29 is 0 Å². The fourth-order valence-electron chi connectivity index (χ4n) is 3.70. The Morgan fingerprint density at radius 3 is 2.73 bits per heavy atom. The molecule has 4 atom stereocenters. The van der Waals surface area contributed by atoms with Gasteiger partial charge >= 0.3 is 0 Å². The molecule has 0 aliphatic heterocycles. The molecule has 0 nitrogen and oxygen atoms in total. The molecule has 0 aromatic rings. The number of fused-ring (bicyclic) bond motifs is 1. The van der Waals surface area contributed by atoms with Gasteiger partial charge in [0.1, 0.15) is 0 Å². The summed E-state index contributed by atoms with van der Waals surface area (Å²) in [5.74, 6) is 3.56. The molecule has 0 unspecified atom stereocenters. The van der Waals surface area contributed by atoms with Crippen LogP contribution >= 0.6 is 0 Å². The Morgan fingerprint density at radius 1 is 1.33 bits per heavy atom. The lowest BCUT2D eigenvalue weighted by Gasteiger charge is -2.44. The van der Waals surface area contributed by atoms with Gasteiger partial charge in [-0.25, -0.2) is 0 Å². The molecule has 2 rings (SSSR count). The smallest absolute Gasteiger partial charge is 0.0174 e. The molecule has 0 amide bonds. The first kappa shape index (κ1) is 11.0. The zero-order chi connectivity index (χ0) is 11.0. The molecule has 2 aliphatic carbocycles. The Balaban J connectivity index is 2.20. The van der Waals surface area contributed by atoms with E-state index in [2.05, 4.69) is 33.4 Å². The van der Waals surface area contributed by atoms with Gasteiger partial charge in [0.25, 0.3) is 0 Å². The largest absolute Gasteiger partial charge is 0.0999 e. The third-order valence-corrected chi connectivity index (χ3v) is 4.66. The topological polar surface area (TPSA) is 0 Å². The summed E-state index contributed by atoms with van der Waals surface area (Å²) in [6, 6.07) is 0. The summed E-state index contributed by atoms with van der Waals surface area (Å²) in [5.41, 5.74) is 3.03. The Kier molecular flexibility index (Phi) is 3.04. The molecule has 0 heteroatoms. The maximum absolute atomic E-state index is 4.20. The van der Waals surface area contributed by atoms with Gasteiger partial charge in [-0.05, 0) is 63.2 Å². The van der Waals surface area contributed by atoms with Crippen molar-refractivity contribution in [2.24, 2.45) is 23.7 Å². The van der Waals surface area contributed by atoms with Crippen LogP contribution in [0.2, 0.25) is 0 Å². The number of rotatable bonds is 1. The van der Waals surface area contributed by atoms with E-state index >= 15 is 0 Å². The second-order valence-electron chi connectivity index (χ2n) is 5.83. The van der Waals surface area contributed by atoms with E-state index in [9.17, 15) is 0 Å². The van der Waals surface area contributed by atoms with E-state index in [-0.39, 0.29) is 0 Å². The highest BCUT2D eigenvalue weighted by Crippen LogP contribution is 2.48. The van der Waals surface area contributed by atoms with Crippen LogP contribution < -0.4 is 0 Å². The van der Waals surface area contributed by atoms with Gasteiger partial charge in [0.15, 0.2) is 0 Å². The van der Waals surface area contributed by atoms with Gasteiger partial charge in [-0.15, -0.1) is 0 Å². The van der Waals surface area contributed by atoms with E-state index in [1.54, 1.807) is 5.57 Å². The molecular formula is C15H24. The van der Waals surface area contributed by atoms with Crippen LogP contribution in [0, 0.1) is 23.7 Å². The molecule has 2 aliphatic rings. The standard InChI is InChI=1S/C15H24/c1-10(2)13-8-6-12(4)14-7-5-11(3)9-15(13)14/h5,12-15H,1,6-9H2,2-4H3/t12-,13+,14+,15-/m1/s1. The second-order valence-corrected chi connectivity index (χ2v) is 5.83. The van der Waals surface area contributed by atoms with Crippen LogP contribution in [-0.2, 0) is 0 Å². The van der Waals surface area contributed by atoms with Crippen molar-refractivity contribution in [2.45, 2.75) is 46.5 Å². The zero-order valence-electron chi connectivity index (χ0n) is 10.4. The first-order valence-corrected chi connectivity index (χ1v) is 6.40. The molecule has 0 aromatic heterocycles. The van der Waals surface area contributed by atoms with Crippen LogP contribution in [0.25, 0.3) is 0 Å². The minimum atomic E-state index is 0.801. The molecule has 0 radical (unpaired) electrons. The second kappa shape index (κ2) is 4.15. The van der Waals surface area contributed by atoms with Crippen LogP contribution in [0.1, 0.15) is 46.5 Å². The van der Waals surface area contributed by atoms with Crippen molar-refractivity contribution in [1.82, 2.24) is 0 Å². The Bertz CT molecular complexity index is 284. The lowest BCUT2D eigenvalue weighted by Crippen LogP contribution is -2.35. The number of allylic oxidation sites excluding steroid dienone is 3. The minimum Gasteiger partial charge on any atom is -0.0999 e. The highest BCUT2D eigenvalue weighted by atomic mass is 14.4. The number of hydrogen-bond donors (Lipinski definition) is 0. The third kappa shape index (κ3) is 2.04. The average Bonchev–Trinajstić information content (AvgIpc) is 2.17. The van der Waals surface area contributed by atoms with Crippen molar-refractivity contribution in [2.75, 3.05) is 0 Å². The summed E-state index contributed by atoms with van der Waals surface area (Å²) in [4.78, 5) is 0. The summed E-state index contributed by atoms with van der Waals surface area (Å²) in [6.45, 7) is 11.2. The normalized spacial score (nSPS) is 40.6. The van der Waals surface area contributed by atoms with Crippen LogP contribution in [0.3, 0.4) is 0 Å². The van der Waals surface area contributed by atoms with E-state index in [0.717, 1.165) is 23.7 Å². The Hall–Kier alpha value is -0.520. The highest BCUT2D eigenvalue weighted by molar-refractivity contribution is 5.13. The van der Waals surface area contributed by atoms with Gasteiger partial charge in [0, 0.05) is 0 Å². The monoisotopic (exact) mass is 204 g/mol. The first-order chi connectivity index (χ1) is 7.09. The summed E-state index contributed by atoms with van der Waals surface area (Å²) in [7, 11) is 0. The number of hydrogen-bond acceptors (Lipinski definition) is 0. The zero-order valence-corrected chi connectivity index (χ0v) is 10.4. The highest BCUT2D eigenvalue weighted by Gasteiger charge is 2.38. The lowest BCUT2D eigenvalue weighted by molar-refractivity contribution is 0.111. The average molecular weight is 204 g/mol. The van der Waals surface area contributed by atoms with Gasteiger partial charge in [-0.1, -0.05) is 30.7 Å². The van der Waals surface area contributed by atoms with E-state index in [1.807, 2.05) is 0 Å². The van der Waals surface area contributed by atoms with Crippen LogP contribution in [0.4, 0.5) is 0 Å². The van der Waals surface area contributed by atoms with Crippen LogP contribution in [0.5, 0.6) is 0 Å². The van der Waals surface area contributed by atoms with Gasteiger partial charge in [0.2, 0.25) is 0 Å². The molecule has 0 heterocycles. The molecule has 0 N–H and O–H groups in total. The van der Waals surface area contributed by atoms with E-state index in [4.69, 9.17) is 0 Å². The van der Waals surface area contributed by atoms with Crippen molar-refractivity contribution in [1.29, 1.82) is 0 Å². The minimum absolute atomic E-state index is 0.801. The quantitative estimate of drug-likeness (QED) is 0.548. The lowest BCUT2D eigenvalue weighted by atomic mass is 9.60. The first-order valence-electron chi connectivity index (χ1n) is 6.40. The Morgan fingerprint density at radius 2 is 2.07 bits per heavy atom. The predicted octanol–water partition coefficient (Wildman–Crippen LogP) is 4.58. The molecule has 15 heavy (non-hydrogen) atoms. The van der Waals surface area contributed by atoms with Gasteiger partial charge in [-0.2, -0.15) is 0 Å². The van der Waals surface area contributed by atoms with E-state index < -0.39 is 0 Å². The van der Waals surface area contributed by atoms with Crippen molar-refractivity contribution in [3.63, 3.8) is 0 Å². The molecule has 84 valence electrons. The molecule has 0 saturated heterocycles. The summed E-state index contributed by atoms with van der Waals surface area (Å²) >= 11 is 0. The maximum atomic E-state index is 4.20. The van der Waals surface area contributed by atoms with Gasteiger partial charge in [-0.3, -0.25) is 0 Å². The molecule has 0 aromatic carbocycles. The maximum Gasteiger partial charge on any atom is -0.0174 e. The third-order valence-electron chi connectivity index (χ3n) is 4.66. The van der Waals surface area contributed by atoms with Gasteiger partial charge in [0.05, 0.1) is 0 Å². The van der Waals surface area contributed by atoms with E-state index in [0.29, 0.717) is 0 Å². The summed E-state index contributed by atoms with van der Waals surface area (Å²) in [5, 5.41) is 0. The fourth-order valence-corrected chi connectivity index (χ4v) is 3.70. The summed E-state index contributed by atoms with van der Waals surface area (Å²) < 4.78 is 0. The SMILES string of the molecule is C=C(C)[C@@H]1CC[C@@H](C)[C@@H]2CC=C(C)C[C@@H]21. The molecule has 1 fully saturated rings. The summed E-state index contributed by atoms with van der Waals surface area (Å²) in [6.07, 6.45) is 7.91. The van der Waals surface area contributed by atoms with Crippen molar-refractivity contribution >= 4 is 0 Å².